The van der Waals surface area contributed by atoms with E-state index in [0.29, 0.717) is 22.3 Å². The van der Waals surface area contributed by atoms with Crippen molar-refractivity contribution < 1.29 is 17.6 Å². The number of hydrogen-bond acceptors (Lipinski definition) is 2. The van der Waals surface area contributed by atoms with Gasteiger partial charge >= 0.3 is 0 Å². The third-order valence-electron chi connectivity index (χ3n) is 7.08. The van der Waals surface area contributed by atoms with Gasteiger partial charge in [-0.3, -0.25) is 0 Å². The van der Waals surface area contributed by atoms with Gasteiger partial charge in [-0.05, 0) is 113 Å². The lowest BCUT2D eigenvalue weighted by Crippen LogP contribution is -2.61. The van der Waals surface area contributed by atoms with Crippen molar-refractivity contribution >= 4 is 57.2 Å². The molecule has 0 radical (unpaired) electrons. The molecule has 7 rings (SSSR count). The van der Waals surface area contributed by atoms with Gasteiger partial charge in [0.1, 0.15) is 23.3 Å². The van der Waals surface area contributed by atoms with Crippen LogP contribution in [0.2, 0.25) is 0 Å². The smallest absolute Gasteiger partial charge is 0.252 e. The third kappa shape index (κ3) is 3.27. The van der Waals surface area contributed by atoms with Crippen molar-refractivity contribution in [2.75, 3.05) is 9.80 Å². The fourth-order valence-electron chi connectivity index (χ4n) is 5.62. The first-order valence-electron chi connectivity index (χ1n) is 11.8. The summed E-state index contributed by atoms with van der Waals surface area (Å²) in [7, 11) is 0. The maximum atomic E-state index is 14.7. The monoisotopic (exact) mass is 492 g/mol. The predicted molar refractivity (Wildman–Crippen MR) is 140 cm³/mol. The predicted octanol–water partition coefficient (Wildman–Crippen LogP) is 6.33. The largest absolute Gasteiger partial charge is 0.311 e. The molecule has 5 aromatic carbocycles. The highest BCUT2D eigenvalue weighted by atomic mass is 19.1. The lowest BCUT2D eigenvalue weighted by atomic mass is 9.33. The molecule has 0 N–H and O–H groups in total. The fraction of sp³-hybridized carbons (Fsp3) is 0. The summed E-state index contributed by atoms with van der Waals surface area (Å²) in [6.07, 6.45) is 0. The quantitative estimate of drug-likeness (QED) is 0.206. The molecule has 2 nitrogen and oxygen atoms in total. The summed E-state index contributed by atoms with van der Waals surface area (Å²) in [4.78, 5) is 3.94. The van der Waals surface area contributed by atoms with E-state index < -0.39 is 18.3 Å². The molecule has 7 heteroatoms. The second-order valence-electron chi connectivity index (χ2n) is 9.17. The lowest BCUT2D eigenvalue weighted by molar-refractivity contribution is 0.627. The van der Waals surface area contributed by atoms with Gasteiger partial charge in [-0.25, -0.2) is 17.6 Å². The minimum absolute atomic E-state index is 0.361. The molecule has 2 heterocycles. The van der Waals surface area contributed by atoms with Crippen molar-refractivity contribution in [2.45, 2.75) is 0 Å². The van der Waals surface area contributed by atoms with Crippen molar-refractivity contribution in [3.8, 4) is 0 Å². The first-order chi connectivity index (χ1) is 18.0. The number of rotatable bonds is 2. The lowest BCUT2D eigenvalue weighted by Gasteiger charge is -2.44. The first kappa shape index (κ1) is 21.7. The Bertz CT molecular complexity index is 1560. The van der Waals surface area contributed by atoms with Crippen molar-refractivity contribution in [1.29, 1.82) is 0 Å². The molecular formula is C30H17BF4N2. The molecule has 0 aliphatic carbocycles. The molecule has 2 aliphatic heterocycles. The number of hydrogen-bond donors (Lipinski definition) is 0. The topological polar surface area (TPSA) is 6.48 Å². The minimum atomic E-state index is -0.448. The summed E-state index contributed by atoms with van der Waals surface area (Å²) >= 11 is 0. The number of benzene rings is 5. The van der Waals surface area contributed by atoms with E-state index in [1.165, 1.54) is 48.5 Å². The SMILES string of the molecule is Fc1ccc(N2c3ccc(F)cc3B3c4cc(F)ccc4N(c4ccc(F)cc4)c4cccc2c43)cc1. The molecule has 37 heavy (non-hydrogen) atoms. The highest BCUT2D eigenvalue weighted by Crippen LogP contribution is 2.43. The van der Waals surface area contributed by atoms with Crippen LogP contribution in [0.25, 0.3) is 0 Å². The molecule has 0 spiro atoms. The first-order valence-corrected chi connectivity index (χ1v) is 11.8. The van der Waals surface area contributed by atoms with E-state index in [9.17, 15) is 17.6 Å². The molecule has 5 aromatic rings. The highest BCUT2D eigenvalue weighted by Gasteiger charge is 2.43. The van der Waals surface area contributed by atoms with Crippen molar-refractivity contribution in [3.05, 3.63) is 126 Å². The van der Waals surface area contributed by atoms with E-state index in [1.807, 2.05) is 28.0 Å². The molecule has 0 saturated heterocycles. The van der Waals surface area contributed by atoms with Crippen LogP contribution >= 0.6 is 0 Å². The number of nitrogens with zero attached hydrogens (tertiary/aromatic N) is 2. The van der Waals surface area contributed by atoms with Crippen LogP contribution in [-0.4, -0.2) is 6.71 Å². The second kappa shape index (κ2) is 8.00. The Morgan fingerprint density at radius 3 is 1.27 bits per heavy atom. The van der Waals surface area contributed by atoms with Crippen LogP contribution in [0.15, 0.2) is 103 Å². The van der Waals surface area contributed by atoms with Gasteiger partial charge in [-0.2, -0.15) is 0 Å². The van der Waals surface area contributed by atoms with Crippen LogP contribution in [-0.2, 0) is 0 Å². The Hall–Kier alpha value is -4.52. The fourth-order valence-corrected chi connectivity index (χ4v) is 5.62. The van der Waals surface area contributed by atoms with Crippen molar-refractivity contribution in [1.82, 2.24) is 0 Å². The summed E-state index contributed by atoms with van der Waals surface area (Å²) in [6, 6.07) is 27.2. The molecule has 0 fully saturated rings. The zero-order valence-electron chi connectivity index (χ0n) is 19.3. The van der Waals surface area contributed by atoms with Crippen LogP contribution in [0.1, 0.15) is 0 Å². The average Bonchev–Trinajstić information content (AvgIpc) is 2.90. The van der Waals surface area contributed by atoms with Crippen LogP contribution < -0.4 is 26.2 Å². The van der Waals surface area contributed by atoms with Crippen LogP contribution in [0, 0.1) is 23.3 Å². The molecular weight excluding hydrogens is 475 g/mol. The summed E-state index contributed by atoms with van der Waals surface area (Å²) in [5.41, 5.74) is 6.71. The molecule has 0 atom stereocenters. The second-order valence-corrected chi connectivity index (χ2v) is 9.17. The Morgan fingerprint density at radius 1 is 0.432 bits per heavy atom. The van der Waals surface area contributed by atoms with E-state index in [1.54, 1.807) is 36.4 Å². The van der Waals surface area contributed by atoms with E-state index in [0.717, 1.165) is 28.2 Å². The van der Waals surface area contributed by atoms with E-state index in [4.69, 9.17) is 0 Å². The Kier molecular flexibility index (Phi) is 4.70. The van der Waals surface area contributed by atoms with E-state index in [-0.39, 0.29) is 11.6 Å². The Morgan fingerprint density at radius 2 is 0.838 bits per heavy atom. The summed E-state index contributed by atoms with van der Waals surface area (Å²) < 4.78 is 57.1. The van der Waals surface area contributed by atoms with Crippen molar-refractivity contribution in [2.24, 2.45) is 0 Å². The standard InChI is InChI=1S/C30H17BF4N2/c32-18-4-10-22(11-5-18)36-26-14-8-20(34)16-24(26)31-25-17-21(35)9-15-27(25)37(23-12-6-19(33)7-13-23)29-3-1-2-28(36)30(29)31/h1-17H. The Balaban J connectivity index is 1.57. The average molecular weight is 492 g/mol. The van der Waals surface area contributed by atoms with Gasteiger partial charge in [-0.15, -0.1) is 0 Å². The van der Waals surface area contributed by atoms with E-state index in [2.05, 4.69) is 0 Å². The molecule has 0 saturated carbocycles. The highest BCUT2D eigenvalue weighted by molar-refractivity contribution is 7.00. The summed E-state index contributed by atoms with van der Waals surface area (Å²) in [5.74, 6) is -1.53. The van der Waals surface area contributed by atoms with Gasteiger partial charge in [-0.1, -0.05) is 6.07 Å². The maximum Gasteiger partial charge on any atom is 0.252 e. The zero-order chi connectivity index (χ0) is 25.3. The number of fused-ring (bicyclic) bond motifs is 4. The maximum absolute atomic E-state index is 14.7. The van der Waals surface area contributed by atoms with Gasteiger partial charge in [0.15, 0.2) is 0 Å². The molecule has 0 bridgehead atoms. The van der Waals surface area contributed by atoms with Gasteiger partial charge < -0.3 is 9.80 Å². The van der Waals surface area contributed by atoms with Crippen LogP contribution in [0.3, 0.4) is 0 Å². The van der Waals surface area contributed by atoms with Crippen LogP contribution in [0.5, 0.6) is 0 Å². The molecule has 2 aliphatic rings. The molecule has 0 unspecified atom stereocenters. The normalized spacial score (nSPS) is 13.2. The van der Waals surface area contributed by atoms with Gasteiger partial charge in [0.05, 0.1) is 0 Å². The number of halogens is 4. The molecule has 0 amide bonds. The van der Waals surface area contributed by atoms with E-state index >= 15 is 0 Å². The molecule has 0 aromatic heterocycles. The minimum Gasteiger partial charge on any atom is -0.311 e. The third-order valence-corrected chi connectivity index (χ3v) is 7.08. The Labute approximate surface area is 211 Å². The van der Waals surface area contributed by atoms with Crippen molar-refractivity contribution in [3.63, 3.8) is 0 Å². The summed E-state index contributed by atoms with van der Waals surface area (Å²) in [6.45, 7) is -0.448. The summed E-state index contributed by atoms with van der Waals surface area (Å²) in [5, 5.41) is 0. The van der Waals surface area contributed by atoms with Crippen LogP contribution in [0.4, 0.5) is 51.7 Å². The zero-order valence-corrected chi connectivity index (χ0v) is 19.3. The van der Waals surface area contributed by atoms with Gasteiger partial charge in [0, 0.05) is 34.1 Å². The van der Waals surface area contributed by atoms with Gasteiger partial charge in [0.25, 0.3) is 6.71 Å². The van der Waals surface area contributed by atoms with Gasteiger partial charge in [0.2, 0.25) is 0 Å². The molecule has 178 valence electrons. The number of anilines is 6.